The van der Waals surface area contributed by atoms with Crippen LogP contribution in [0.3, 0.4) is 0 Å². The van der Waals surface area contributed by atoms with Crippen LogP contribution < -0.4 is 4.72 Å². The minimum atomic E-state index is -3.71. The lowest BCUT2D eigenvalue weighted by Gasteiger charge is -2.09. The van der Waals surface area contributed by atoms with Crippen molar-refractivity contribution in [1.29, 1.82) is 0 Å². The van der Waals surface area contributed by atoms with Gasteiger partial charge in [-0.05, 0) is 17.7 Å². The zero-order valence-corrected chi connectivity index (χ0v) is 12.3. The number of nitro benzene ring substituents is 1. The van der Waals surface area contributed by atoms with Crippen molar-refractivity contribution in [2.75, 3.05) is 4.72 Å². The molecule has 0 radical (unpaired) electrons. The number of halogens is 1. The number of non-ortho nitro benzene ring substituents is 1. The summed E-state index contributed by atoms with van der Waals surface area (Å²) < 4.78 is 26.5. The van der Waals surface area contributed by atoms with Gasteiger partial charge < -0.3 is 0 Å². The van der Waals surface area contributed by atoms with Gasteiger partial charge in [-0.2, -0.15) is 0 Å². The molecule has 0 aliphatic heterocycles. The van der Waals surface area contributed by atoms with E-state index < -0.39 is 14.9 Å². The standard InChI is InChI=1S/C13H11ClN2O4S/c14-12-6-1-2-7-13(12)15-21(19,20)9-10-4-3-5-11(8-10)16(17)18/h1-8,15H,9H2. The molecule has 2 aromatic rings. The number of para-hydroxylation sites is 1. The molecule has 0 saturated carbocycles. The van der Waals surface area contributed by atoms with Crippen LogP contribution >= 0.6 is 11.6 Å². The highest BCUT2D eigenvalue weighted by Crippen LogP contribution is 2.23. The zero-order valence-electron chi connectivity index (χ0n) is 10.7. The van der Waals surface area contributed by atoms with Gasteiger partial charge in [-0.15, -0.1) is 0 Å². The third-order valence-corrected chi connectivity index (χ3v) is 4.19. The maximum absolute atomic E-state index is 12.1. The van der Waals surface area contributed by atoms with E-state index in [0.29, 0.717) is 5.56 Å². The maximum Gasteiger partial charge on any atom is 0.269 e. The molecule has 0 aromatic heterocycles. The summed E-state index contributed by atoms with van der Waals surface area (Å²) in [6.45, 7) is 0. The molecule has 0 atom stereocenters. The van der Waals surface area contributed by atoms with E-state index in [1.54, 1.807) is 18.2 Å². The second-order valence-electron chi connectivity index (χ2n) is 4.27. The lowest BCUT2D eigenvalue weighted by molar-refractivity contribution is -0.384. The molecule has 2 aromatic carbocycles. The van der Waals surface area contributed by atoms with Crippen molar-refractivity contribution in [2.24, 2.45) is 0 Å². The first-order valence-electron chi connectivity index (χ1n) is 5.86. The maximum atomic E-state index is 12.1. The minimum Gasteiger partial charge on any atom is -0.282 e. The largest absolute Gasteiger partial charge is 0.282 e. The Bertz CT molecular complexity index is 777. The Kier molecular flexibility index (Phi) is 4.44. The van der Waals surface area contributed by atoms with E-state index in [0.717, 1.165) is 0 Å². The van der Waals surface area contributed by atoms with Gasteiger partial charge in [-0.1, -0.05) is 35.9 Å². The minimum absolute atomic E-state index is 0.152. The molecular formula is C13H11ClN2O4S. The normalized spacial score (nSPS) is 11.1. The van der Waals surface area contributed by atoms with Crippen LogP contribution in [0.5, 0.6) is 0 Å². The van der Waals surface area contributed by atoms with E-state index in [1.165, 1.54) is 30.3 Å². The summed E-state index contributed by atoms with van der Waals surface area (Å²) in [5, 5.41) is 11.0. The van der Waals surface area contributed by atoms with Crippen molar-refractivity contribution >= 4 is 33.0 Å². The van der Waals surface area contributed by atoms with Crippen molar-refractivity contribution in [2.45, 2.75) is 5.75 Å². The molecule has 0 aliphatic carbocycles. The molecule has 0 amide bonds. The molecule has 8 heteroatoms. The molecule has 21 heavy (non-hydrogen) atoms. The van der Waals surface area contributed by atoms with Gasteiger partial charge in [0.2, 0.25) is 10.0 Å². The predicted octanol–water partition coefficient (Wildman–Crippen LogP) is 3.19. The summed E-state index contributed by atoms with van der Waals surface area (Å²) in [4.78, 5) is 10.1. The lowest BCUT2D eigenvalue weighted by atomic mass is 10.2. The number of nitrogens with one attached hydrogen (secondary N) is 1. The first-order chi connectivity index (χ1) is 9.87. The fourth-order valence-electron chi connectivity index (χ4n) is 1.73. The fourth-order valence-corrected chi connectivity index (χ4v) is 3.17. The number of sulfonamides is 1. The van der Waals surface area contributed by atoms with E-state index in [4.69, 9.17) is 11.6 Å². The molecule has 2 rings (SSSR count). The summed E-state index contributed by atoms with van der Waals surface area (Å²) in [5.74, 6) is -0.375. The van der Waals surface area contributed by atoms with Gasteiger partial charge in [0.1, 0.15) is 0 Å². The van der Waals surface area contributed by atoms with Crippen LogP contribution in [0.15, 0.2) is 48.5 Å². The Morgan fingerprint density at radius 1 is 1.14 bits per heavy atom. The number of nitrogens with zero attached hydrogens (tertiary/aromatic N) is 1. The third-order valence-electron chi connectivity index (χ3n) is 2.62. The van der Waals surface area contributed by atoms with Crippen LogP contribution in [0.1, 0.15) is 5.56 Å². The summed E-state index contributed by atoms with van der Waals surface area (Å²) in [5.41, 5.74) is 0.439. The molecule has 0 saturated heterocycles. The van der Waals surface area contributed by atoms with Gasteiger partial charge in [-0.25, -0.2) is 8.42 Å². The topological polar surface area (TPSA) is 89.3 Å². The number of rotatable bonds is 5. The molecule has 6 nitrogen and oxygen atoms in total. The van der Waals surface area contributed by atoms with E-state index in [1.807, 2.05) is 0 Å². The number of nitro groups is 1. The molecule has 0 aliphatic rings. The van der Waals surface area contributed by atoms with Gasteiger partial charge in [0.15, 0.2) is 0 Å². The van der Waals surface area contributed by atoms with E-state index in [-0.39, 0.29) is 22.2 Å². The summed E-state index contributed by atoms with van der Waals surface area (Å²) in [6.07, 6.45) is 0. The molecule has 0 heterocycles. The smallest absolute Gasteiger partial charge is 0.269 e. The van der Waals surface area contributed by atoms with Crippen molar-refractivity contribution in [3.8, 4) is 0 Å². The number of anilines is 1. The first kappa shape index (κ1) is 15.3. The zero-order chi connectivity index (χ0) is 15.5. The second-order valence-corrected chi connectivity index (χ2v) is 6.40. The van der Waals surface area contributed by atoms with E-state index in [2.05, 4.69) is 4.72 Å². The van der Waals surface area contributed by atoms with E-state index >= 15 is 0 Å². The highest BCUT2D eigenvalue weighted by molar-refractivity contribution is 7.91. The Hall–Kier alpha value is -2.12. The van der Waals surface area contributed by atoms with Crippen LogP contribution in [0.4, 0.5) is 11.4 Å². The van der Waals surface area contributed by atoms with Crippen LogP contribution in [0.2, 0.25) is 5.02 Å². The first-order valence-corrected chi connectivity index (χ1v) is 7.89. The van der Waals surface area contributed by atoms with Crippen molar-refractivity contribution < 1.29 is 13.3 Å². The van der Waals surface area contributed by atoms with Gasteiger partial charge in [0, 0.05) is 12.1 Å². The molecular weight excluding hydrogens is 316 g/mol. The second kappa shape index (κ2) is 6.11. The van der Waals surface area contributed by atoms with Crippen molar-refractivity contribution in [3.05, 3.63) is 69.2 Å². The number of benzene rings is 2. The SMILES string of the molecule is O=[N+]([O-])c1cccc(CS(=O)(=O)Nc2ccccc2Cl)c1. The Morgan fingerprint density at radius 3 is 2.52 bits per heavy atom. The third kappa shape index (κ3) is 4.17. The van der Waals surface area contributed by atoms with Crippen LogP contribution in [-0.4, -0.2) is 13.3 Å². The van der Waals surface area contributed by atoms with Crippen LogP contribution in [0, 0.1) is 10.1 Å². The summed E-state index contributed by atoms with van der Waals surface area (Å²) in [7, 11) is -3.71. The van der Waals surface area contributed by atoms with Crippen molar-refractivity contribution in [1.82, 2.24) is 0 Å². The Morgan fingerprint density at radius 2 is 1.86 bits per heavy atom. The average molecular weight is 327 g/mol. The highest BCUT2D eigenvalue weighted by Gasteiger charge is 2.15. The Balaban J connectivity index is 2.20. The van der Waals surface area contributed by atoms with Crippen molar-refractivity contribution in [3.63, 3.8) is 0 Å². The van der Waals surface area contributed by atoms with Gasteiger partial charge in [0.25, 0.3) is 5.69 Å². The predicted molar refractivity (Wildman–Crippen MR) is 80.8 cm³/mol. The van der Waals surface area contributed by atoms with Gasteiger partial charge >= 0.3 is 0 Å². The summed E-state index contributed by atoms with van der Waals surface area (Å²) >= 11 is 5.88. The molecule has 0 unspecified atom stereocenters. The fraction of sp³-hybridized carbons (Fsp3) is 0.0769. The van der Waals surface area contributed by atoms with Crippen LogP contribution in [0.25, 0.3) is 0 Å². The number of hydrogen-bond donors (Lipinski definition) is 1. The Labute approximate surface area is 126 Å². The highest BCUT2D eigenvalue weighted by atomic mass is 35.5. The molecule has 0 fully saturated rings. The van der Waals surface area contributed by atoms with Gasteiger partial charge in [-0.3, -0.25) is 14.8 Å². The molecule has 110 valence electrons. The average Bonchev–Trinajstić information content (AvgIpc) is 2.41. The molecule has 1 N–H and O–H groups in total. The lowest BCUT2D eigenvalue weighted by Crippen LogP contribution is -2.15. The molecule has 0 spiro atoms. The summed E-state index contributed by atoms with van der Waals surface area (Å²) in [6, 6.07) is 11.9. The molecule has 0 bridgehead atoms. The van der Waals surface area contributed by atoms with Gasteiger partial charge in [0.05, 0.1) is 21.4 Å². The van der Waals surface area contributed by atoms with E-state index in [9.17, 15) is 18.5 Å². The number of hydrogen-bond acceptors (Lipinski definition) is 4. The van der Waals surface area contributed by atoms with Crippen LogP contribution in [-0.2, 0) is 15.8 Å². The monoisotopic (exact) mass is 326 g/mol. The quantitative estimate of drug-likeness (QED) is 0.675.